The molecule has 1 amide bonds. The molecule has 3 heteroatoms. The molecule has 0 aliphatic carbocycles. The Kier molecular flexibility index (Phi) is 5.31. The van der Waals surface area contributed by atoms with Crippen LogP contribution in [-0.4, -0.2) is 30.4 Å². The Morgan fingerprint density at radius 1 is 1.12 bits per heavy atom. The summed E-state index contributed by atoms with van der Waals surface area (Å²) in [6.45, 7) is 3.98. The highest BCUT2D eigenvalue weighted by Crippen LogP contribution is 2.25. The monoisotopic (exact) mass is 322 g/mol. The molecule has 1 aliphatic rings. The van der Waals surface area contributed by atoms with Crippen LogP contribution in [0.3, 0.4) is 0 Å². The van der Waals surface area contributed by atoms with Gasteiger partial charge in [-0.25, -0.2) is 0 Å². The van der Waals surface area contributed by atoms with Crippen molar-refractivity contribution in [2.75, 3.05) is 13.6 Å². The van der Waals surface area contributed by atoms with Crippen LogP contribution in [0.1, 0.15) is 30.4 Å². The number of piperidine rings is 1. The molecule has 1 N–H and O–H groups in total. The third-order valence-corrected chi connectivity index (χ3v) is 4.96. The number of nitrogens with zero attached hydrogens (tertiary/aromatic N) is 1. The van der Waals surface area contributed by atoms with E-state index in [0.29, 0.717) is 0 Å². The van der Waals surface area contributed by atoms with E-state index >= 15 is 0 Å². The Morgan fingerprint density at radius 3 is 2.58 bits per heavy atom. The molecule has 0 spiro atoms. The molecular formula is C21H26N2O. The molecule has 1 aliphatic heterocycles. The molecule has 0 aromatic heterocycles. The van der Waals surface area contributed by atoms with Gasteiger partial charge in [0.05, 0.1) is 6.04 Å². The van der Waals surface area contributed by atoms with Crippen LogP contribution in [0.25, 0.3) is 11.1 Å². The zero-order chi connectivity index (χ0) is 16.9. The number of likely N-dealkylation sites (N-methyl/N-ethyl adjacent to an activating group) is 1. The van der Waals surface area contributed by atoms with Gasteiger partial charge in [0.1, 0.15) is 0 Å². The van der Waals surface area contributed by atoms with E-state index in [4.69, 9.17) is 0 Å². The van der Waals surface area contributed by atoms with Crippen LogP contribution >= 0.6 is 0 Å². The minimum absolute atomic E-state index is 0.0137. The first kappa shape index (κ1) is 16.7. The van der Waals surface area contributed by atoms with E-state index in [9.17, 15) is 4.79 Å². The van der Waals surface area contributed by atoms with Crippen molar-refractivity contribution in [3.8, 4) is 11.1 Å². The molecule has 0 radical (unpaired) electrons. The fourth-order valence-corrected chi connectivity index (χ4v) is 3.56. The van der Waals surface area contributed by atoms with Crippen LogP contribution in [0.4, 0.5) is 0 Å². The summed E-state index contributed by atoms with van der Waals surface area (Å²) in [6, 6.07) is 17.2. The molecule has 126 valence electrons. The summed E-state index contributed by atoms with van der Waals surface area (Å²) in [5.74, 6) is 0.145. The molecule has 24 heavy (non-hydrogen) atoms. The fraction of sp³-hybridized carbons (Fsp3) is 0.381. The third-order valence-electron chi connectivity index (χ3n) is 4.96. The lowest BCUT2D eigenvalue weighted by molar-refractivity contribution is -0.127. The van der Waals surface area contributed by atoms with Crippen molar-refractivity contribution in [3.63, 3.8) is 0 Å². The van der Waals surface area contributed by atoms with Crippen molar-refractivity contribution in [1.82, 2.24) is 10.2 Å². The van der Waals surface area contributed by atoms with Crippen LogP contribution in [0, 0.1) is 6.92 Å². The van der Waals surface area contributed by atoms with Gasteiger partial charge in [0.25, 0.3) is 0 Å². The minimum Gasteiger partial charge on any atom is -0.358 e. The summed E-state index contributed by atoms with van der Waals surface area (Å²) >= 11 is 0. The molecular weight excluding hydrogens is 296 g/mol. The zero-order valence-corrected chi connectivity index (χ0v) is 14.6. The lowest BCUT2D eigenvalue weighted by Crippen LogP contribution is -2.48. The molecule has 0 bridgehead atoms. The Bertz CT molecular complexity index is 693. The molecule has 1 saturated heterocycles. The van der Waals surface area contributed by atoms with Crippen LogP contribution in [0.15, 0.2) is 48.5 Å². The third kappa shape index (κ3) is 3.68. The summed E-state index contributed by atoms with van der Waals surface area (Å²) < 4.78 is 0. The van der Waals surface area contributed by atoms with Crippen molar-refractivity contribution in [1.29, 1.82) is 0 Å². The van der Waals surface area contributed by atoms with Gasteiger partial charge >= 0.3 is 0 Å². The summed E-state index contributed by atoms with van der Waals surface area (Å²) in [5.41, 5.74) is 5.09. The van der Waals surface area contributed by atoms with Gasteiger partial charge in [0.2, 0.25) is 5.91 Å². The van der Waals surface area contributed by atoms with Gasteiger partial charge in [-0.1, -0.05) is 55.0 Å². The summed E-state index contributed by atoms with van der Waals surface area (Å²) in [5, 5.41) is 2.81. The molecule has 2 aromatic carbocycles. The van der Waals surface area contributed by atoms with Crippen LogP contribution in [-0.2, 0) is 11.3 Å². The van der Waals surface area contributed by atoms with Crippen molar-refractivity contribution < 1.29 is 4.79 Å². The van der Waals surface area contributed by atoms with E-state index < -0.39 is 0 Å². The highest BCUT2D eigenvalue weighted by molar-refractivity contribution is 5.81. The van der Waals surface area contributed by atoms with E-state index in [2.05, 4.69) is 65.7 Å². The lowest BCUT2D eigenvalue weighted by atomic mass is 9.98. The van der Waals surface area contributed by atoms with Crippen molar-refractivity contribution >= 4 is 5.91 Å². The number of aryl methyl sites for hydroxylation is 1. The summed E-state index contributed by atoms with van der Waals surface area (Å²) in [4.78, 5) is 14.4. The summed E-state index contributed by atoms with van der Waals surface area (Å²) in [7, 11) is 1.73. The first-order valence-electron chi connectivity index (χ1n) is 8.79. The van der Waals surface area contributed by atoms with Gasteiger partial charge in [-0.15, -0.1) is 0 Å². The van der Waals surface area contributed by atoms with Gasteiger partial charge in [-0.2, -0.15) is 0 Å². The van der Waals surface area contributed by atoms with E-state index in [1.165, 1.54) is 28.7 Å². The molecule has 2 aromatic rings. The normalized spacial score (nSPS) is 18.3. The second kappa shape index (κ2) is 7.63. The molecule has 0 unspecified atom stereocenters. The van der Waals surface area contributed by atoms with Crippen LogP contribution < -0.4 is 5.32 Å². The largest absolute Gasteiger partial charge is 0.358 e. The second-order valence-corrected chi connectivity index (χ2v) is 6.61. The quantitative estimate of drug-likeness (QED) is 0.929. The molecule has 0 saturated carbocycles. The van der Waals surface area contributed by atoms with E-state index in [-0.39, 0.29) is 11.9 Å². The zero-order valence-electron chi connectivity index (χ0n) is 14.6. The van der Waals surface area contributed by atoms with Gasteiger partial charge in [-0.3, -0.25) is 9.69 Å². The number of hydrogen-bond donors (Lipinski definition) is 1. The number of nitrogens with one attached hydrogen (secondary N) is 1. The number of carbonyl (C=O) groups is 1. The predicted molar refractivity (Wildman–Crippen MR) is 98.7 cm³/mol. The summed E-state index contributed by atoms with van der Waals surface area (Å²) in [6.07, 6.45) is 3.27. The van der Waals surface area contributed by atoms with Crippen molar-refractivity contribution in [2.24, 2.45) is 0 Å². The molecule has 3 nitrogen and oxygen atoms in total. The average Bonchev–Trinajstić information content (AvgIpc) is 2.63. The first-order chi connectivity index (χ1) is 11.7. The Morgan fingerprint density at radius 2 is 1.88 bits per heavy atom. The number of likely N-dealkylation sites (tertiary alicyclic amines) is 1. The molecule has 1 atom stereocenters. The maximum absolute atomic E-state index is 12.1. The number of benzene rings is 2. The minimum atomic E-state index is 0.0137. The topological polar surface area (TPSA) is 32.3 Å². The van der Waals surface area contributed by atoms with Gasteiger partial charge in [0, 0.05) is 13.6 Å². The highest BCUT2D eigenvalue weighted by atomic mass is 16.2. The van der Waals surface area contributed by atoms with Gasteiger partial charge < -0.3 is 5.32 Å². The maximum Gasteiger partial charge on any atom is 0.237 e. The molecule has 1 heterocycles. The fourth-order valence-electron chi connectivity index (χ4n) is 3.56. The number of carbonyl (C=O) groups excluding carboxylic acids is 1. The Balaban J connectivity index is 1.74. The van der Waals surface area contributed by atoms with Crippen molar-refractivity contribution in [2.45, 2.75) is 38.8 Å². The highest BCUT2D eigenvalue weighted by Gasteiger charge is 2.27. The molecule has 1 fully saturated rings. The van der Waals surface area contributed by atoms with E-state index in [1.807, 2.05) is 0 Å². The van der Waals surface area contributed by atoms with Gasteiger partial charge in [0.15, 0.2) is 0 Å². The second-order valence-electron chi connectivity index (χ2n) is 6.61. The van der Waals surface area contributed by atoms with Gasteiger partial charge in [-0.05, 0) is 48.6 Å². The number of rotatable bonds is 4. The van der Waals surface area contributed by atoms with E-state index in [0.717, 1.165) is 25.9 Å². The Labute approximate surface area is 144 Å². The smallest absolute Gasteiger partial charge is 0.237 e. The van der Waals surface area contributed by atoms with E-state index in [1.54, 1.807) is 7.05 Å². The Hall–Kier alpha value is -2.13. The van der Waals surface area contributed by atoms with Crippen LogP contribution in [0.5, 0.6) is 0 Å². The average molecular weight is 322 g/mol. The number of hydrogen-bond acceptors (Lipinski definition) is 2. The predicted octanol–water partition coefficient (Wildman–Crippen LogP) is 3.76. The lowest BCUT2D eigenvalue weighted by Gasteiger charge is -2.34. The molecule has 3 rings (SSSR count). The SMILES string of the molecule is CNC(=O)[C@@H]1CCCCN1Cc1ccc(-c2ccccc2C)cc1. The maximum atomic E-state index is 12.1. The number of amides is 1. The standard InChI is InChI=1S/C21H26N2O/c1-16-7-3-4-8-19(16)18-12-10-17(11-13-18)15-23-14-6-5-9-20(23)21(24)22-2/h3-4,7-8,10-13,20H,5-6,9,14-15H2,1-2H3,(H,22,24)/t20-/m0/s1. The van der Waals surface area contributed by atoms with Crippen LogP contribution in [0.2, 0.25) is 0 Å². The van der Waals surface area contributed by atoms with Crippen molar-refractivity contribution in [3.05, 3.63) is 59.7 Å². The first-order valence-corrected chi connectivity index (χ1v) is 8.79.